The second kappa shape index (κ2) is 3.73. The molecule has 0 bridgehead atoms. The molecule has 0 aromatic carbocycles. The molecule has 0 atom stereocenters. The van der Waals surface area contributed by atoms with Gasteiger partial charge >= 0.3 is 5.97 Å². The Morgan fingerprint density at radius 3 is 3.00 bits per heavy atom. The highest BCUT2D eigenvalue weighted by molar-refractivity contribution is 5.69. The summed E-state index contributed by atoms with van der Waals surface area (Å²) in [6.45, 7) is 0. The standard InChI is InChI=1S/C11H10N4O3/c1-14-10(8-3-2-4-18-8)13-15-6-7(5-9(16)17)12-11(14)15/h2-4,6H,5H2,1H3,(H,16,17). The van der Waals surface area contributed by atoms with Crippen molar-refractivity contribution in [3.63, 3.8) is 0 Å². The molecule has 0 radical (unpaired) electrons. The first kappa shape index (κ1) is 10.6. The summed E-state index contributed by atoms with van der Waals surface area (Å²) >= 11 is 0. The number of carbonyl (C=O) groups is 1. The SMILES string of the molecule is Cn1c(-c2ccco2)nn2cc(CC(=O)O)nc12. The van der Waals surface area contributed by atoms with Gasteiger partial charge in [-0.05, 0) is 12.1 Å². The Kier molecular flexibility index (Phi) is 2.19. The van der Waals surface area contributed by atoms with Gasteiger partial charge < -0.3 is 9.52 Å². The summed E-state index contributed by atoms with van der Waals surface area (Å²) in [6, 6.07) is 3.59. The van der Waals surface area contributed by atoms with Gasteiger partial charge in [-0.15, -0.1) is 5.10 Å². The van der Waals surface area contributed by atoms with Gasteiger partial charge in [0.1, 0.15) is 0 Å². The molecule has 7 nitrogen and oxygen atoms in total. The van der Waals surface area contributed by atoms with Crippen molar-refractivity contribution in [2.45, 2.75) is 6.42 Å². The van der Waals surface area contributed by atoms with Crippen LogP contribution in [0.4, 0.5) is 0 Å². The Balaban J connectivity index is 2.08. The van der Waals surface area contributed by atoms with Crippen molar-refractivity contribution in [1.82, 2.24) is 19.2 Å². The van der Waals surface area contributed by atoms with Crippen LogP contribution >= 0.6 is 0 Å². The van der Waals surface area contributed by atoms with Gasteiger partial charge in [-0.1, -0.05) is 0 Å². The number of carboxylic acids is 1. The Morgan fingerprint density at radius 1 is 1.56 bits per heavy atom. The minimum absolute atomic E-state index is 0.112. The molecule has 0 spiro atoms. The number of imidazole rings is 1. The number of carboxylic acid groups (broad SMARTS) is 1. The molecule has 3 aromatic heterocycles. The molecule has 0 aliphatic heterocycles. The molecule has 7 heteroatoms. The van der Waals surface area contributed by atoms with E-state index >= 15 is 0 Å². The molecule has 3 rings (SSSR count). The van der Waals surface area contributed by atoms with Crippen molar-refractivity contribution in [2.24, 2.45) is 7.05 Å². The van der Waals surface area contributed by atoms with E-state index in [0.29, 0.717) is 23.1 Å². The first-order chi connectivity index (χ1) is 8.65. The largest absolute Gasteiger partial charge is 0.481 e. The average molecular weight is 246 g/mol. The van der Waals surface area contributed by atoms with Crippen LogP contribution in [-0.2, 0) is 18.3 Å². The fourth-order valence-electron chi connectivity index (χ4n) is 1.83. The normalized spacial score (nSPS) is 11.2. The van der Waals surface area contributed by atoms with E-state index in [4.69, 9.17) is 9.52 Å². The molecule has 0 fully saturated rings. The summed E-state index contributed by atoms with van der Waals surface area (Å²) in [7, 11) is 1.80. The van der Waals surface area contributed by atoms with Crippen LogP contribution in [0.3, 0.4) is 0 Å². The molecule has 3 aromatic rings. The lowest BCUT2D eigenvalue weighted by atomic mass is 10.3. The average Bonchev–Trinajstić information content (AvgIpc) is 2.96. The molecular weight excluding hydrogens is 236 g/mol. The van der Waals surface area contributed by atoms with Crippen LogP contribution < -0.4 is 0 Å². The van der Waals surface area contributed by atoms with E-state index < -0.39 is 5.97 Å². The van der Waals surface area contributed by atoms with Crippen molar-refractivity contribution in [3.05, 3.63) is 30.3 Å². The van der Waals surface area contributed by atoms with Crippen LogP contribution in [0.15, 0.2) is 29.0 Å². The minimum Gasteiger partial charge on any atom is -0.481 e. The van der Waals surface area contributed by atoms with Gasteiger partial charge in [0.2, 0.25) is 5.78 Å². The Morgan fingerprint density at radius 2 is 2.39 bits per heavy atom. The third kappa shape index (κ3) is 1.56. The van der Waals surface area contributed by atoms with Gasteiger partial charge in [-0.2, -0.15) is 0 Å². The third-order valence-corrected chi connectivity index (χ3v) is 2.61. The smallest absolute Gasteiger partial charge is 0.309 e. The maximum Gasteiger partial charge on any atom is 0.309 e. The van der Waals surface area contributed by atoms with E-state index in [0.717, 1.165) is 0 Å². The fraction of sp³-hybridized carbons (Fsp3) is 0.182. The van der Waals surface area contributed by atoms with Crippen LogP contribution in [0.25, 0.3) is 17.4 Å². The maximum atomic E-state index is 10.6. The number of rotatable bonds is 3. The number of hydrogen-bond acceptors (Lipinski definition) is 4. The zero-order valence-electron chi connectivity index (χ0n) is 9.57. The van der Waals surface area contributed by atoms with Gasteiger partial charge in [-0.3, -0.25) is 9.36 Å². The van der Waals surface area contributed by atoms with Crippen LogP contribution in [0, 0.1) is 0 Å². The van der Waals surface area contributed by atoms with E-state index in [-0.39, 0.29) is 6.42 Å². The Hall–Kier alpha value is -2.57. The molecule has 0 saturated carbocycles. The predicted octanol–water partition coefficient (Wildman–Crippen LogP) is 0.955. The number of fused-ring (bicyclic) bond motifs is 1. The van der Waals surface area contributed by atoms with Gasteiger partial charge in [0.25, 0.3) is 0 Å². The summed E-state index contributed by atoms with van der Waals surface area (Å²) in [5, 5.41) is 13.0. The van der Waals surface area contributed by atoms with Gasteiger partial charge in [0.05, 0.1) is 24.6 Å². The van der Waals surface area contributed by atoms with E-state index in [1.807, 2.05) is 0 Å². The Bertz CT molecular complexity index is 708. The second-order valence-corrected chi connectivity index (χ2v) is 3.91. The van der Waals surface area contributed by atoms with Crippen molar-refractivity contribution in [2.75, 3.05) is 0 Å². The third-order valence-electron chi connectivity index (χ3n) is 2.61. The maximum absolute atomic E-state index is 10.6. The highest BCUT2D eigenvalue weighted by Gasteiger charge is 2.15. The van der Waals surface area contributed by atoms with E-state index in [2.05, 4.69) is 10.1 Å². The van der Waals surface area contributed by atoms with Gasteiger partial charge in [0.15, 0.2) is 11.6 Å². The Labute approximate surface area is 101 Å². The van der Waals surface area contributed by atoms with Crippen LogP contribution in [0.2, 0.25) is 0 Å². The van der Waals surface area contributed by atoms with Crippen molar-refractivity contribution in [1.29, 1.82) is 0 Å². The lowest BCUT2D eigenvalue weighted by Crippen LogP contribution is -2.00. The molecule has 0 saturated heterocycles. The van der Waals surface area contributed by atoms with Gasteiger partial charge in [0, 0.05) is 7.05 Å². The summed E-state index contributed by atoms with van der Waals surface area (Å²) in [5.41, 5.74) is 0.478. The minimum atomic E-state index is -0.912. The highest BCUT2D eigenvalue weighted by Crippen LogP contribution is 2.19. The van der Waals surface area contributed by atoms with E-state index in [9.17, 15) is 4.79 Å². The molecule has 3 heterocycles. The molecule has 0 aliphatic carbocycles. The number of aryl methyl sites for hydroxylation is 1. The van der Waals surface area contributed by atoms with E-state index in [1.165, 1.54) is 0 Å². The lowest BCUT2D eigenvalue weighted by Gasteiger charge is -1.95. The number of hydrogen-bond donors (Lipinski definition) is 1. The topological polar surface area (TPSA) is 85.6 Å². The van der Waals surface area contributed by atoms with Crippen molar-refractivity contribution >= 4 is 11.7 Å². The molecule has 18 heavy (non-hydrogen) atoms. The number of aliphatic carboxylic acids is 1. The van der Waals surface area contributed by atoms with Crippen molar-refractivity contribution in [3.8, 4) is 11.6 Å². The predicted molar refractivity (Wildman–Crippen MR) is 61.0 cm³/mol. The summed E-state index contributed by atoms with van der Waals surface area (Å²) < 4.78 is 8.58. The quantitative estimate of drug-likeness (QED) is 0.743. The summed E-state index contributed by atoms with van der Waals surface area (Å²) in [4.78, 5) is 14.8. The number of furan rings is 1. The van der Waals surface area contributed by atoms with Gasteiger partial charge in [-0.25, -0.2) is 9.50 Å². The lowest BCUT2D eigenvalue weighted by molar-refractivity contribution is -0.136. The van der Waals surface area contributed by atoms with Crippen LogP contribution in [-0.4, -0.2) is 30.2 Å². The van der Waals surface area contributed by atoms with E-state index in [1.54, 1.807) is 40.7 Å². The summed E-state index contributed by atoms with van der Waals surface area (Å²) in [6.07, 6.45) is 3.07. The highest BCUT2D eigenvalue weighted by atomic mass is 16.4. The molecule has 1 N–H and O–H groups in total. The molecule has 0 aliphatic rings. The van der Waals surface area contributed by atoms with Crippen LogP contribution in [0.1, 0.15) is 5.69 Å². The zero-order valence-corrected chi connectivity index (χ0v) is 9.57. The number of nitrogens with zero attached hydrogens (tertiary/aromatic N) is 4. The first-order valence-corrected chi connectivity index (χ1v) is 5.32. The van der Waals surface area contributed by atoms with Crippen LogP contribution in [0.5, 0.6) is 0 Å². The molecule has 0 unspecified atom stereocenters. The number of aromatic nitrogens is 4. The second-order valence-electron chi connectivity index (χ2n) is 3.91. The molecular formula is C11H10N4O3. The monoisotopic (exact) mass is 246 g/mol. The first-order valence-electron chi connectivity index (χ1n) is 5.32. The molecule has 92 valence electrons. The van der Waals surface area contributed by atoms with Crippen molar-refractivity contribution < 1.29 is 14.3 Å². The molecule has 0 amide bonds. The zero-order chi connectivity index (χ0) is 12.7. The summed E-state index contributed by atoms with van der Waals surface area (Å²) in [5.74, 6) is 0.953. The fourth-order valence-corrected chi connectivity index (χ4v) is 1.83.